The average Bonchev–Trinajstić information content (AvgIpc) is 3.31. The molecule has 5 heterocycles. The molecule has 0 saturated carbocycles. The second-order valence-electron chi connectivity index (χ2n) is 9.29. The van der Waals surface area contributed by atoms with Gasteiger partial charge in [-0.25, -0.2) is 4.79 Å². The predicted molar refractivity (Wildman–Crippen MR) is 123 cm³/mol. The number of hydrogen-bond acceptors (Lipinski definition) is 9. The number of aromatic nitrogens is 4. The fourth-order valence-corrected chi connectivity index (χ4v) is 5.03. The van der Waals surface area contributed by atoms with Crippen LogP contribution in [-0.4, -0.2) is 64.7 Å². The van der Waals surface area contributed by atoms with Crippen molar-refractivity contribution in [3.05, 3.63) is 55.7 Å². The number of nitrogens with one attached hydrogen (secondary N) is 1. The first-order chi connectivity index (χ1) is 16.4. The van der Waals surface area contributed by atoms with Crippen LogP contribution < -0.4 is 21.5 Å². The minimum Gasteiger partial charge on any atom is -0.450 e. The maximum absolute atomic E-state index is 11.8. The van der Waals surface area contributed by atoms with Gasteiger partial charge in [-0.1, -0.05) is 13.8 Å². The summed E-state index contributed by atoms with van der Waals surface area (Å²) in [4.78, 5) is 39.2. The molecule has 0 aromatic carbocycles. The number of aliphatic hydroxyl groups excluding tert-OH is 2. The lowest BCUT2D eigenvalue weighted by atomic mass is 9.90. The highest BCUT2D eigenvalue weighted by Crippen LogP contribution is 2.48. The van der Waals surface area contributed by atoms with Crippen molar-refractivity contribution in [2.75, 3.05) is 6.61 Å². The minimum absolute atomic E-state index is 0.0105. The van der Waals surface area contributed by atoms with Crippen LogP contribution in [0.5, 0.6) is 6.01 Å². The van der Waals surface area contributed by atoms with Gasteiger partial charge in [0.2, 0.25) is 0 Å². The number of aliphatic hydroxyl groups is 2. The number of aromatic amines is 1. The van der Waals surface area contributed by atoms with Crippen molar-refractivity contribution in [1.82, 2.24) is 19.1 Å². The third kappa shape index (κ3) is 4.23. The lowest BCUT2D eigenvalue weighted by Crippen LogP contribution is -2.45. The molecule has 0 aliphatic carbocycles. The molecule has 8 atom stereocenters. The SMILES string of the molecule is CC[C@H]1O[C@@H](n2ccc(=O)[nH]c2=O)[C@](C)(Cl)[C@@H]1C.C[C@@]12Oc3nc(=O)ccn3[C@@H]1O[C@H](CO)[C@H]2O. The number of hydrogen-bond donors (Lipinski definition) is 3. The third-order valence-electron chi connectivity index (χ3n) is 7.02. The van der Waals surface area contributed by atoms with Crippen LogP contribution in [0.3, 0.4) is 0 Å². The van der Waals surface area contributed by atoms with Gasteiger partial charge in [-0.05, 0) is 20.3 Å². The molecule has 12 nitrogen and oxygen atoms in total. The van der Waals surface area contributed by atoms with E-state index in [-0.39, 0.29) is 24.6 Å². The first-order valence-electron chi connectivity index (χ1n) is 11.3. The first-order valence-corrected chi connectivity index (χ1v) is 11.7. The van der Waals surface area contributed by atoms with E-state index < -0.39 is 51.9 Å². The van der Waals surface area contributed by atoms with Crippen LogP contribution in [0.15, 0.2) is 38.9 Å². The Morgan fingerprint density at radius 3 is 2.37 bits per heavy atom. The summed E-state index contributed by atoms with van der Waals surface area (Å²) < 4.78 is 19.8. The first kappa shape index (κ1) is 25.6. The molecule has 2 saturated heterocycles. The van der Waals surface area contributed by atoms with Crippen LogP contribution >= 0.6 is 11.6 Å². The molecule has 5 rings (SSSR count). The Morgan fingerprint density at radius 1 is 1.11 bits per heavy atom. The van der Waals surface area contributed by atoms with Crippen LogP contribution in [0.25, 0.3) is 0 Å². The maximum atomic E-state index is 11.8. The quantitative estimate of drug-likeness (QED) is 0.486. The predicted octanol–water partition coefficient (Wildman–Crippen LogP) is 0.123. The molecule has 35 heavy (non-hydrogen) atoms. The summed E-state index contributed by atoms with van der Waals surface area (Å²) in [5, 5.41) is 19.1. The molecule has 3 aliphatic rings. The highest BCUT2D eigenvalue weighted by Gasteiger charge is 2.60. The standard InChI is InChI=1S/C12H17ClN2O3.C10H12N2O5/c1-4-8-7(2)12(3,13)10(18-8)15-6-5-9(16)14-11(15)17;1-10-7(15)5(4-13)16-8(10)12-3-2-6(14)11-9(12)17-10/h5-8,10H,4H2,1-3H3,(H,14,16,17);2-3,5,7-8,13,15H,4H2,1H3/t7-,8-,10-,12-;5-,7-,8-,10+/m11/s1. The molecular weight excluding hydrogens is 484 g/mol. The zero-order valence-corrected chi connectivity index (χ0v) is 20.5. The van der Waals surface area contributed by atoms with Gasteiger partial charge >= 0.3 is 11.7 Å². The highest BCUT2D eigenvalue weighted by atomic mass is 35.5. The molecule has 2 aromatic heterocycles. The van der Waals surface area contributed by atoms with Gasteiger partial charge in [0.25, 0.3) is 11.1 Å². The van der Waals surface area contributed by atoms with Gasteiger partial charge in [0.05, 0.1) is 17.6 Å². The van der Waals surface area contributed by atoms with Gasteiger partial charge in [-0.15, -0.1) is 11.6 Å². The molecule has 3 N–H and O–H groups in total. The Morgan fingerprint density at radius 2 is 1.77 bits per heavy atom. The number of fused-ring (bicyclic) bond motifs is 3. The number of nitrogens with zero attached hydrogens (tertiary/aromatic N) is 3. The smallest absolute Gasteiger partial charge is 0.330 e. The summed E-state index contributed by atoms with van der Waals surface area (Å²) in [5.74, 6) is 0.119. The molecule has 192 valence electrons. The van der Waals surface area contributed by atoms with E-state index in [0.717, 1.165) is 6.42 Å². The van der Waals surface area contributed by atoms with E-state index in [0.29, 0.717) is 0 Å². The Hall–Kier alpha value is -2.51. The molecular formula is C22H29ClN4O8. The summed E-state index contributed by atoms with van der Waals surface area (Å²) in [6, 6.07) is 2.71. The van der Waals surface area contributed by atoms with E-state index in [2.05, 4.69) is 9.97 Å². The average molecular weight is 513 g/mol. The monoisotopic (exact) mass is 512 g/mol. The van der Waals surface area contributed by atoms with Gasteiger partial charge in [0, 0.05) is 30.4 Å². The van der Waals surface area contributed by atoms with Gasteiger partial charge in [-0.2, -0.15) is 4.98 Å². The number of H-pyrrole nitrogens is 1. The molecule has 0 unspecified atom stereocenters. The molecule has 0 bridgehead atoms. The van der Waals surface area contributed by atoms with E-state index in [1.807, 2.05) is 20.8 Å². The van der Waals surface area contributed by atoms with Crippen LogP contribution in [0.1, 0.15) is 46.6 Å². The summed E-state index contributed by atoms with van der Waals surface area (Å²) in [7, 11) is 0. The summed E-state index contributed by atoms with van der Waals surface area (Å²) in [5.41, 5.74) is -2.36. The maximum Gasteiger partial charge on any atom is 0.330 e. The van der Waals surface area contributed by atoms with Crippen LogP contribution in [0.2, 0.25) is 0 Å². The van der Waals surface area contributed by atoms with E-state index in [9.17, 15) is 19.5 Å². The van der Waals surface area contributed by atoms with Crippen LogP contribution in [0.4, 0.5) is 0 Å². The Balaban J connectivity index is 0.000000165. The van der Waals surface area contributed by atoms with Gasteiger partial charge in [0.15, 0.2) is 18.1 Å². The molecule has 0 radical (unpaired) electrons. The fraction of sp³-hybridized carbons (Fsp3) is 0.636. The van der Waals surface area contributed by atoms with Crippen molar-refractivity contribution < 1.29 is 24.4 Å². The minimum atomic E-state index is -1.03. The van der Waals surface area contributed by atoms with Crippen molar-refractivity contribution in [3.63, 3.8) is 0 Å². The van der Waals surface area contributed by atoms with E-state index in [4.69, 9.17) is 30.9 Å². The van der Waals surface area contributed by atoms with Gasteiger partial charge < -0.3 is 24.4 Å². The Kier molecular flexibility index (Phi) is 6.70. The van der Waals surface area contributed by atoms with Crippen molar-refractivity contribution in [2.24, 2.45) is 5.92 Å². The number of halogens is 1. The second-order valence-corrected chi connectivity index (χ2v) is 10.1. The van der Waals surface area contributed by atoms with Crippen molar-refractivity contribution in [1.29, 1.82) is 0 Å². The number of rotatable bonds is 3. The zero-order valence-electron chi connectivity index (χ0n) is 19.8. The van der Waals surface area contributed by atoms with Crippen molar-refractivity contribution in [2.45, 2.75) is 75.4 Å². The third-order valence-corrected chi connectivity index (χ3v) is 7.55. The lowest BCUT2D eigenvalue weighted by molar-refractivity contribution is -0.0457. The lowest BCUT2D eigenvalue weighted by Gasteiger charge is -2.27. The molecule has 0 amide bonds. The Labute approximate surface area is 205 Å². The second kappa shape index (κ2) is 9.17. The van der Waals surface area contributed by atoms with Gasteiger partial charge in [-0.3, -0.25) is 23.7 Å². The summed E-state index contributed by atoms with van der Waals surface area (Å²) >= 11 is 6.53. The molecule has 0 spiro atoms. The van der Waals surface area contributed by atoms with Gasteiger partial charge in [0.1, 0.15) is 12.2 Å². The molecule has 3 aliphatic heterocycles. The molecule has 13 heteroatoms. The Bertz CT molecular complexity index is 1260. The number of alkyl halides is 1. The summed E-state index contributed by atoms with van der Waals surface area (Å²) in [6.07, 6.45) is 0.951. The topological polar surface area (TPSA) is 158 Å². The fourth-order valence-electron chi connectivity index (χ4n) is 4.74. The van der Waals surface area contributed by atoms with Crippen molar-refractivity contribution in [3.8, 4) is 6.01 Å². The molecule has 2 aromatic rings. The highest BCUT2D eigenvalue weighted by molar-refractivity contribution is 6.24. The molecule has 2 fully saturated rings. The van der Waals surface area contributed by atoms with E-state index in [1.54, 1.807) is 11.5 Å². The van der Waals surface area contributed by atoms with E-state index >= 15 is 0 Å². The zero-order chi connectivity index (χ0) is 25.7. The van der Waals surface area contributed by atoms with Crippen LogP contribution in [0, 0.1) is 5.92 Å². The normalized spacial score (nSPS) is 37.2. The van der Waals surface area contributed by atoms with E-state index in [1.165, 1.54) is 29.1 Å². The number of ether oxygens (including phenoxy) is 3. The largest absolute Gasteiger partial charge is 0.450 e. The van der Waals surface area contributed by atoms with Crippen LogP contribution in [-0.2, 0) is 9.47 Å². The van der Waals surface area contributed by atoms with Crippen molar-refractivity contribution >= 4 is 11.6 Å². The summed E-state index contributed by atoms with van der Waals surface area (Å²) in [6.45, 7) is 7.26.